The topological polar surface area (TPSA) is 42.0 Å². The number of carbonyl (C=O) groups excluding carboxylic acids is 1. The van der Waals surface area contributed by atoms with Crippen LogP contribution in [0.2, 0.25) is 5.15 Å². The fourth-order valence-electron chi connectivity index (χ4n) is 2.93. The number of halogens is 1. The quantitative estimate of drug-likeness (QED) is 0.802. The maximum Gasteiger partial charge on any atom is 0.227 e. The average Bonchev–Trinajstić information content (AvgIpc) is 2.45. The molecule has 1 N–H and O–H groups in total. The number of hydrogen-bond acceptors (Lipinski definition) is 2. The van der Waals surface area contributed by atoms with Crippen molar-refractivity contribution in [1.82, 2.24) is 4.98 Å². The van der Waals surface area contributed by atoms with Crippen LogP contribution in [0.25, 0.3) is 0 Å². The number of hydrogen-bond donors (Lipinski definition) is 1. The summed E-state index contributed by atoms with van der Waals surface area (Å²) in [6.07, 6.45) is 9.92. The van der Waals surface area contributed by atoms with Gasteiger partial charge in [0.1, 0.15) is 5.15 Å². The Balaban J connectivity index is 1.80. The normalized spacial score (nSPS) is 22.5. The van der Waals surface area contributed by atoms with Gasteiger partial charge in [-0.25, -0.2) is 4.98 Å². The molecule has 0 radical (unpaired) electrons. The van der Waals surface area contributed by atoms with Gasteiger partial charge in [0.2, 0.25) is 5.91 Å². The number of anilines is 1. The van der Waals surface area contributed by atoms with Crippen LogP contribution in [0.4, 0.5) is 5.69 Å². The Morgan fingerprint density at radius 3 is 2.80 bits per heavy atom. The van der Waals surface area contributed by atoms with Gasteiger partial charge in [-0.2, -0.15) is 0 Å². The van der Waals surface area contributed by atoms with Crippen molar-refractivity contribution in [3.63, 3.8) is 0 Å². The molecule has 0 aliphatic heterocycles. The molecule has 1 aromatic rings. The SMILES string of the molecule is CCCCC1CCC(C(=O)Nc2ccnc(Cl)c2)CC1. The van der Waals surface area contributed by atoms with Gasteiger partial charge >= 0.3 is 0 Å². The molecule has 0 bridgehead atoms. The molecular weight excluding hydrogens is 272 g/mol. The molecule has 110 valence electrons. The highest BCUT2D eigenvalue weighted by molar-refractivity contribution is 6.29. The lowest BCUT2D eigenvalue weighted by molar-refractivity contribution is -0.121. The van der Waals surface area contributed by atoms with Gasteiger partial charge < -0.3 is 5.32 Å². The lowest BCUT2D eigenvalue weighted by Crippen LogP contribution is -2.27. The van der Waals surface area contributed by atoms with E-state index in [0.29, 0.717) is 5.15 Å². The number of amides is 1. The van der Waals surface area contributed by atoms with Crippen LogP contribution in [-0.4, -0.2) is 10.9 Å². The van der Waals surface area contributed by atoms with Crippen molar-refractivity contribution in [3.05, 3.63) is 23.5 Å². The molecule has 0 atom stereocenters. The van der Waals surface area contributed by atoms with Gasteiger partial charge in [0.25, 0.3) is 0 Å². The molecule has 3 nitrogen and oxygen atoms in total. The molecular formula is C16H23ClN2O. The van der Waals surface area contributed by atoms with Crippen LogP contribution in [-0.2, 0) is 4.79 Å². The van der Waals surface area contributed by atoms with E-state index >= 15 is 0 Å². The highest BCUT2D eigenvalue weighted by atomic mass is 35.5. The van der Waals surface area contributed by atoms with Crippen molar-refractivity contribution in [2.75, 3.05) is 5.32 Å². The van der Waals surface area contributed by atoms with E-state index in [-0.39, 0.29) is 11.8 Å². The van der Waals surface area contributed by atoms with Crippen LogP contribution in [0, 0.1) is 11.8 Å². The summed E-state index contributed by atoms with van der Waals surface area (Å²) in [5.41, 5.74) is 0.739. The predicted octanol–water partition coefficient (Wildman–Crippen LogP) is 4.67. The Morgan fingerprint density at radius 2 is 2.15 bits per heavy atom. The first-order valence-electron chi connectivity index (χ1n) is 7.61. The largest absolute Gasteiger partial charge is 0.326 e. The predicted molar refractivity (Wildman–Crippen MR) is 82.8 cm³/mol. The Labute approximate surface area is 126 Å². The maximum atomic E-state index is 12.2. The Bertz CT molecular complexity index is 442. The molecule has 0 unspecified atom stereocenters. The second-order valence-electron chi connectivity index (χ2n) is 5.72. The molecule has 0 aromatic carbocycles. The van der Waals surface area contributed by atoms with Gasteiger partial charge in [0.05, 0.1) is 0 Å². The molecule has 1 saturated carbocycles. The van der Waals surface area contributed by atoms with Crippen LogP contribution in [0.15, 0.2) is 18.3 Å². The first kappa shape index (κ1) is 15.3. The zero-order chi connectivity index (χ0) is 14.4. The molecule has 20 heavy (non-hydrogen) atoms. The van der Waals surface area contributed by atoms with E-state index in [1.807, 2.05) is 0 Å². The molecule has 1 aromatic heterocycles. The summed E-state index contributed by atoms with van der Waals surface area (Å²) >= 11 is 5.82. The number of aromatic nitrogens is 1. The van der Waals surface area contributed by atoms with E-state index in [0.717, 1.165) is 24.4 Å². The molecule has 1 amide bonds. The third-order valence-corrected chi connectivity index (χ3v) is 4.38. The summed E-state index contributed by atoms with van der Waals surface area (Å²) in [4.78, 5) is 16.1. The van der Waals surface area contributed by atoms with Crippen LogP contribution in [0.1, 0.15) is 51.9 Å². The van der Waals surface area contributed by atoms with Crippen LogP contribution >= 0.6 is 11.6 Å². The number of pyridine rings is 1. The molecule has 0 saturated heterocycles. The van der Waals surface area contributed by atoms with Gasteiger partial charge in [-0.1, -0.05) is 37.8 Å². The number of nitrogens with zero attached hydrogens (tertiary/aromatic N) is 1. The summed E-state index contributed by atoms with van der Waals surface area (Å²) in [6.45, 7) is 2.24. The summed E-state index contributed by atoms with van der Waals surface area (Å²) in [5, 5.41) is 3.36. The highest BCUT2D eigenvalue weighted by Crippen LogP contribution is 2.32. The van der Waals surface area contributed by atoms with E-state index in [1.54, 1.807) is 18.3 Å². The van der Waals surface area contributed by atoms with E-state index < -0.39 is 0 Å². The second-order valence-corrected chi connectivity index (χ2v) is 6.10. The van der Waals surface area contributed by atoms with Gasteiger partial charge in [-0.15, -0.1) is 0 Å². The Kier molecular flexibility index (Phi) is 5.84. The molecule has 1 aliphatic rings. The van der Waals surface area contributed by atoms with Gasteiger partial charge in [-0.05, 0) is 43.7 Å². The number of rotatable bonds is 5. The summed E-state index contributed by atoms with van der Waals surface area (Å²) in [5.74, 6) is 1.11. The smallest absolute Gasteiger partial charge is 0.227 e. The third kappa shape index (κ3) is 4.48. The van der Waals surface area contributed by atoms with Crippen molar-refractivity contribution >= 4 is 23.2 Å². The average molecular weight is 295 g/mol. The zero-order valence-corrected chi connectivity index (χ0v) is 12.8. The fraction of sp³-hybridized carbons (Fsp3) is 0.625. The minimum absolute atomic E-state index is 0.126. The molecule has 2 rings (SSSR count). The summed E-state index contributed by atoms with van der Waals surface area (Å²) in [6, 6.07) is 3.46. The van der Waals surface area contributed by atoms with Crippen molar-refractivity contribution in [2.24, 2.45) is 11.8 Å². The van der Waals surface area contributed by atoms with Crippen molar-refractivity contribution < 1.29 is 4.79 Å². The van der Waals surface area contributed by atoms with Crippen LogP contribution in [0.5, 0.6) is 0 Å². The molecule has 4 heteroatoms. The molecule has 0 spiro atoms. The number of nitrogens with one attached hydrogen (secondary N) is 1. The van der Waals surface area contributed by atoms with Gasteiger partial charge in [0.15, 0.2) is 0 Å². The highest BCUT2D eigenvalue weighted by Gasteiger charge is 2.25. The Hall–Kier alpha value is -1.09. The number of carbonyl (C=O) groups is 1. The standard InChI is InChI=1S/C16H23ClN2O/c1-2-3-4-12-5-7-13(8-6-12)16(20)19-14-9-10-18-15(17)11-14/h9-13H,2-8H2,1H3,(H,18,19,20). The van der Waals surface area contributed by atoms with Crippen LogP contribution in [0.3, 0.4) is 0 Å². The van der Waals surface area contributed by atoms with Gasteiger partial charge in [0, 0.05) is 17.8 Å². The lowest BCUT2D eigenvalue weighted by atomic mass is 9.79. The van der Waals surface area contributed by atoms with Crippen molar-refractivity contribution in [1.29, 1.82) is 0 Å². The van der Waals surface area contributed by atoms with E-state index in [9.17, 15) is 4.79 Å². The van der Waals surface area contributed by atoms with Crippen molar-refractivity contribution in [2.45, 2.75) is 51.9 Å². The van der Waals surface area contributed by atoms with Crippen LogP contribution < -0.4 is 5.32 Å². The Morgan fingerprint density at radius 1 is 1.40 bits per heavy atom. The summed E-state index contributed by atoms with van der Waals surface area (Å²) in [7, 11) is 0. The third-order valence-electron chi connectivity index (χ3n) is 4.18. The molecule has 1 fully saturated rings. The number of unbranched alkanes of at least 4 members (excludes halogenated alkanes) is 1. The van der Waals surface area contributed by atoms with Gasteiger partial charge in [-0.3, -0.25) is 4.79 Å². The van der Waals surface area contributed by atoms with E-state index in [2.05, 4.69) is 17.2 Å². The minimum Gasteiger partial charge on any atom is -0.326 e. The fourth-order valence-corrected chi connectivity index (χ4v) is 3.10. The lowest BCUT2D eigenvalue weighted by Gasteiger charge is -2.27. The van der Waals surface area contributed by atoms with E-state index in [1.165, 1.54) is 32.1 Å². The first-order valence-corrected chi connectivity index (χ1v) is 7.99. The monoisotopic (exact) mass is 294 g/mol. The summed E-state index contributed by atoms with van der Waals surface area (Å²) < 4.78 is 0. The van der Waals surface area contributed by atoms with Crippen molar-refractivity contribution in [3.8, 4) is 0 Å². The second kappa shape index (κ2) is 7.63. The zero-order valence-electron chi connectivity index (χ0n) is 12.1. The molecule has 1 heterocycles. The van der Waals surface area contributed by atoms with E-state index in [4.69, 9.17) is 11.6 Å². The maximum absolute atomic E-state index is 12.2. The molecule has 1 aliphatic carbocycles. The minimum atomic E-state index is 0.126. The first-order chi connectivity index (χ1) is 9.69.